The number of unbranched alkanes of at least 4 members (excludes halogenated alkanes) is 1. The zero-order valence-electron chi connectivity index (χ0n) is 7.55. The molecule has 0 aromatic carbocycles. The van der Waals surface area contributed by atoms with Gasteiger partial charge in [0.2, 0.25) is 0 Å². The topological polar surface area (TPSA) is 50.4 Å². The predicted molar refractivity (Wildman–Crippen MR) is 55.6 cm³/mol. The molecule has 1 aliphatic rings. The second-order valence-corrected chi connectivity index (χ2v) is 4.03. The third-order valence-electron chi connectivity index (χ3n) is 1.82. The minimum absolute atomic E-state index is 0.409. The van der Waals surface area contributed by atoms with Crippen LogP contribution in [0.1, 0.15) is 19.8 Å². The number of nitrogens with zero attached hydrogens (tertiary/aromatic N) is 1. The van der Waals surface area contributed by atoms with Crippen molar-refractivity contribution in [3.05, 3.63) is 0 Å². The molecule has 0 aromatic heterocycles. The van der Waals surface area contributed by atoms with E-state index in [1.807, 2.05) is 0 Å². The highest BCUT2D eigenvalue weighted by Gasteiger charge is 2.14. The van der Waals surface area contributed by atoms with Gasteiger partial charge in [0.05, 0.1) is 6.04 Å². The first-order valence-electron chi connectivity index (χ1n) is 4.49. The second-order valence-electron chi connectivity index (χ2n) is 2.99. The first-order valence-corrected chi connectivity index (χ1v) is 5.48. The van der Waals surface area contributed by atoms with Gasteiger partial charge in [-0.15, -0.1) is 0 Å². The van der Waals surface area contributed by atoms with Gasteiger partial charge in [0.15, 0.2) is 5.17 Å². The van der Waals surface area contributed by atoms with Crippen molar-refractivity contribution in [3.63, 3.8) is 0 Å². The molecule has 0 saturated heterocycles. The molecule has 3 N–H and O–H groups in total. The van der Waals surface area contributed by atoms with Gasteiger partial charge in [-0.05, 0) is 13.0 Å². The summed E-state index contributed by atoms with van der Waals surface area (Å²) < 4.78 is 0. The largest absolute Gasteiger partial charge is 0.379 e. The van der Waals surface area contributed by atoms with Crippen LogP contribution in [0.4, 0.5) is 0 Å². The molecule has 0 amide bonds. The summed E-state index contributed by atoms with van der Waals surface area (Å²) >= 11 is 1.66. The third kappa shape index (κ3) is 3.45. The van der Waals surface area contributed by atoms with E-state index in [0.29, 0.717) is 6.04 Å². The lowest BCUT2D eigenvalue weighted by Gasteiger charge is -2.06. The van der Waals surface area contributed by atoms with Crippen LogP contribution in [-0.4, -0.2) is 30.1 Å². The number of amidine groups is 1. The molecule has 0 fully saturated rings. The molecule has 0 radical (unpaired) electrons. The Kier molecular flexibility index (Phi) is 4.46. The van der Waals surface area contributed by atoms with Crippen LogP contribution in [0.25, 0.3) is 0 Å². The Morgan fingerprint density at radius 3 is 3.17 bits per heavy atom. The Labute approximate surface area is 78.2 Å². The fourth-order valence-corrected chi connectivity index (χ4v) is 1.89. The quantitative estimate of drug-likeness (QED) is 0.626. The van der Waals surface area contributed by atoms with E-state index in [1.165, 1.54) is 12.8 Å². The van der Waals surface area contributed by atoms with Crippen LogP contribution >= 0.6 is 11.8 Å². The second kappa shape index (κ2) is 5.43. The van der Waals surface area contributed by atoms with E-state index in [-0.39, 0.29) is 0 Å². The Bertz CT molecular complexity index is 158. The van der Waals surface area contributed by atoms with E-state index in [2.05, 4.69) is 17.2 Å². The Hall–Kier alpha value is -0.220. The zero-order valence-corrected chi connectivity index (χ0v) is 8.36. The van der Waals surface area contributed by atoms with E-state index < -0.39 is 0 Å². The molecule has 1 rings (SSSR count). The average Bonchev–Trinajstić information content (AvgIpc) is 2.45. The SMILES string of the molecule is CCCCNCC1CSC(N)=N1. The number of rotatable bonds is 5. The fourth-order valence-electron chi connectivity index (χ4n) is 1.11. The van der Waals surface area contributed by atoms with Gasteiger partial charge < -0.3 is 11.1 Å². The molecule has 0 aromatic rings. The van der Waals surface area contributed by atoms with Gasteiger partial charge in [0.1, 0.15) is 0 Å². The van der Waals surface area contributed by atoms with Crippen LogP contribution in [0.5, 0.6) is 0 Å². The Morgan fingerprint density at radius 2 is 2.58 bits per heavy atom. The van der Waals surface area contributed by atoms with Crippen molar-refractivity contribution >= 4 is 16.9 Å². The number of aliphatic imine (C=N–C) groups is 1. The standard InChI is InChI=1S/C8H17N3S/c1-2-3-4-10-5-7-6-12-8(9)11-7/h7,10H,2-6H2,1H3,(H2,9,11). The van der Waals surface area contributed by atoms with Crippen molar-refractivity contribution < 1.29 is 0 Å². The first-order chi connectivity index (χ1) is 5.83. The summed E-state index contributed by atoms with van der Waals surface area (Å²) in [6.07, 6.45) is 2.50. The molecule has 0 saturated carbocycles. The molecule has 12 heavy (non-hydrogen) atoms. The number of hydrogen-bond acceptors (Lipinski definition) is 4. The zero-order chi connectivity index (χ0) is 8.81. The van der Waals surface area contributed by atoms with Crippen LogP contribution in [-0.2, 0) is 0 Å². The summed E-state index contributed by atoms with van der Waals surface area (Å²) in [4.78, 5) is 4.28. The van der Waals surface area contributed by atoms with E-state index in [1.54, 1.807) is 11.8 Å². The minimum atomic E-state index is 0.409. The number of thioether (sulfide) groups is 1. The van der Waals surface area contributed by atoms with E-state index in [0.717, 1.165) is 24.0 Å². The monoisotopic (exact) mass is 187 g/mol. The van der Waals surface area contributed by atoms with Crippen LogP contribution in [0.2, 0.25) is 0 Å². The molecular weight excluding hydrogens is 170 g/mol. The van der Waals surface area contributed by atoms with Crippen LogP contribution in [0.15, 0.2) is 4.99 Å². The summed E-state index contributed by atoms with van der Waals surface area (Å²) in [5.74, 6) is 1.05. The van der Waals surface area contributed by atoms with Gasteiger partial charge in [-0.25, -0.2) is 0 Å². The molecule has 1 heterocycles. The molecule has 1 atom stereocenters. The average molecular weight is 187 g/mol. The number of nitrogens with two attached hydrogens (primary N) is 1. The van der Waals surface area contributed by atoms with Crippen molar-refractivity contribution in [2.45, 2.75) is 25.8 Å². The van der Waals surface area contributed by atoms with Gasteiger partial charge in [-0.1, -0.05) is 25.1 Å². The lowest BCUT2D eigenvalue weighted by Crippen LogP contribution is -2.26. The van der Waals surface area contributed by atoms with Crippen LogP contribution < -0.4 is 11.1 Å². The maximum absolute atomic E-state index is 5.54. The van der Waals surface area contributed by atoms with Crippen molar-refractivity contribution in [2.75, 3.05) is 18.8 Å². The molecule has 0 bridgehead atoms. The molecule has 0 aliphatic carbocycles. The fraction of sp³-hybridized carbons (Fsp3) is 0.875. The summed E-state index contributed by atoms with van der Waals surface area (Å²) in [5.41, 5.74) is 5.54. The molecule has 3 nitrogen and oxygen atoms in total. The normalized spacial score (nSPS) is 22.8. The highest BCUT2D eigenvalue weighted by molar-refractivity contribution is 8.14. The van der Waals surface area contributed by atoms with E-state index in [4.69, 9.17) is 5.73 Å². The Balaban J connectivity index is 2.01. The van der Waals surface area contributed by atoms with Gasteiger partial charge in [-0.3, -0.25) is 4.99 Å². The van der Waals surface area contributed by atoms with Crippen molar-refractivity contribution in [1.82, 2.24) is 5.32 Å². The molecular formula is C8H17N3S. The lowest BCUT2D eigenvalue weighted by atomic mass is 10.3. The van der Waals surface area contributed by atoms with Crippen molar-refractivity contribution in [3.8, 4) is 0 Å². The molecule has 1 aliphatic heterocycles. The van der Waals surface area contributed by atoms with Gasteiger partial charge in [0.25, 0.3) is 0 Å². The van der Waals surface area contributed by atoms with Crippen LogP contribution in [0.3, 0.4) is 0 Å². The van der Waals surface area contributed by atoms with Gasteiger partial charge >= 0.3 is 0 Å². The maximum atomic E-state index is 5.54. The maximum Gasteiger partial charge on any atom is 0.154 e. The van der Waals surface area contributed by atoms with E-state index in [9.17, 15) is 0 Å². The molecule has 0 spiro atoms. The highest BCUT2D eigenvalue weighted by atomic mass is 32.2. The summed E-state index contributed by atoms with van der Waals surface area (Å²) in [6, 6.07) is 0.409. The number of nitrogens with one attached hydrogen (secondary N) is 1. The molecule has 4 heteroatoms. The third-order valence-corrected chi connectivity index (χ3v) is 2.77. The predicted octanol–water partition coefficient (Wildman–Crippen LogP) is 0.806. The first kappa shape index (κ1) is 9.86. The van der Waals surface area contributed by atoms with Crippen LogP contribution in [0, 0.1) is 0 Å². The number of hydrogen-bond donors (Lipinski definition) is 2. The Morgan fingerprint density at radius 1 is 1.75 bits per heavy atom. The van der Waals surface area contributed by atoms with E-state index >= 15 is 0 Å². The minimum Gasteiger partial charge on any atom is -0.379 e. The summed E-state index contributed by atoms with van der Waals surface area (Å²) in [5, 5.41) is 4.12. The molecule has 70 valence electrons. The van der Waals surface area contributed by atoms with Gasteiger partial charge in [0, 0.05) is 12.3 Å². The summed E-state index contributed by atoms with van der Waals surface area (Å²) in [6.45, 7) is 4.28. The highest BCUT2D eigenvalue weighted by Crippen LogP contribution is 2.13. The summed E-state index contributed by atoms with van der Waals surface area (Å²) in [7, 11) is 0. The lowest BCUT2D eigenvalue weighted by molar-refractivity contribution is 0.595. The van der Waals surface area contributed by atoms with Crippen molar-refractivity contribution in [1.29, 1.82) is 0 Å². The molecule has 1 unspecified atom stereocenters. The van der Waals surface area contributed by atoms with Gasteiger partial charge in [-0.2, -0.15) is 0 Å². The smallest absolute Gasteiger partial charge is 0.154 e. The van der Waals surface area contributed by atoms with Crippen molar-refractivity contribution in [2.24, 2.45) is 10.7 Å².